The van der Waals surface area contributed by atoms with Crippen molar-refractivity contribution < 1.29 is 157 Å². The van der Waals surface area contributed by atoms with Crippen LogP contribution < -0.4 is 72.9 Å². The Morgan fingerprint density at radius 3 is 1.30 bits per heavy atom. The summed E-state index contributed by atoms with van der Waals surface area (Å²) in [7, 11) is -2.89. The van der Waals surface area contributed by atoms with Crippen LogP contribution >= 0.6 is 14.7 Å². The van der Waals surface area contributed by atoms with E-state index in [0.29, 0.717) is 63.7 Å². The van der Waals surface area contributed by atoms with Crippen molar-refractivity contribution in [1.82, 2.24) is 56.1 Å². The van der Waals surface area contributed by atoms with E-state index in [1.807, 2.05) is 65.8 Å². The average Bonchev–Trinajstić information content (AvgIpc) is 1.37. The van der Waals surface area contributed by atoms with E-state index in [-0.39, 0.29) is 96.2 Å². The van der Waals surface area contributed by atoms with Crippen molar-refractivity contribution in [2.24, 2.45) is 5.73 Å². The minimum Gasteiger partial charge on any atom is -0.870 e. The van der Waals surface area contributed by atoms with E-state index in [0.717, 1.165) is 174 Å². The Kier molecular flexibility index (Phi) is 67.0. The minimum atomic E-state index is -4.64. The van der Waals surface area contributed by atoms with Crippen molar-refractivity contribution in [3.05, 3.63) is 136 Å². The quantitative estimate of drug-likeness (QED) is 0.00451. The van der Waals surface area contributed by atoms with E-state index >= 15 is 0 Å². The fourth-order valence-electron chi connectivity index (χ4n) is 13.0. The standard InChI is InChI=1S/C17H26NO4P.C16H25N3O2.C16H21N3O2.C12H24NO4P.C11H17N3.C10H18O5.C9H15NO3.C6H6N2O.C4H7NO.C2HF3O.CH4.Na.H2O/c1-21-23(20,22-2)13-16(19)9-5-4-8-15-12-11-14-7-3-6-10-17(14)18-15;2*1-16(2,3)21-15(20)18-11-5-7-13-9-8-12-6-4-10-17-14(12)19-13;1-12(2,3)17-11(15)13-8-6-7-10(14)9-18(4,5)16;12-7-1-4-10-6-5-9-3-2-8-13-11(9)14-10;1-9(2,3)14-7(11)13-8(12)15-10(4,5)6;1-9(2,3)13-8(12)10-6-4-5-7(10)11;7-6-5(4-9)2-1-3-8-6;6-4-2-1-3-5-4;3-2(4,5)1-6;;;/h11-12H,3-10,13H2,1-2H3;8-9H,4-7,10-11H2,1-3H3,(H,17,19)(H,18,20);4,6,8-10H,5,7,11H2,1-3H3,(H,18,20);6-9H2,1-5H3,(H,13,15);5-6H,1-4,7-8,12H2,(H,13,14);1-6H3;4-6H2,1-3H3;1-4H,(H2,7,8);1-3H2,(H,5,6);1H;1H4;;1H2/q;;;;;;;;;;;+1;/p-1. The second kappa shape index (κ2) is 71.2. The van der Waals surface area contributed by atoms with Crippen LogP contribution in [0.4, 0.5) is 59.4 Å². The van der Waals surface area contributed by atoms with E-state index in [4.69, 9.17) is 58.7 Å². The Morgan fingerprint density at radius 1 is 0.477 bits per heavy atom. The van der Waals surface area contributed by atoms with Gasteiger partial charge in [0.25, 0.3) is 0 Å². The largest absolute Gasteiger partial charge is 1.00 e. The van der Waals surface area contributed by atoms with Gasteiger partial charge in [0.05, 0.1) is 18.9 Å². The van der Waals surface area contributed by atoms with Crippen LogP contribution in [0.3, 0.4) is 0 Å². The number of nitrogens with one attached hydrogen (secondary N) is 6. The van der Waals surface area contributed by atoms with Gasteiger partial charge >= 0.3 is 80.0 Å². The zero-order chi connectivity index (χ0) is 110. The molecule has 0 atom stereocenters. The van der Waals surface area contributed by atoms with Crippen molar-refractivity contribution >= 4 is 116 Å². The Labute approximate surface area is 899 Å². The van der Waals surface area contributed by atoms with Crippen LogP contribution in [0.1, 0.15) is 290 Å². The summed E-state index contributed by atoms with van der Waals surface area (Å²) in [5.41, 5.74) is 18.2. The van der Waals surface area contributed by atoms with Crippen molar-refractivity contribution in [1.29, 1.82) is 0 Å². The number of alkyl halides is 3. The van der Waals surface area contributed by atoms with Gasteiger partial charge in [-0.1, -0.05) is 25.6 Å². The number of likely N-dealkylation sites (tertiary alicyclic amines) is 1. The molecule has 6 aromatic rings. The number of nitrogens with two attached hydrogens (primary N) is 2. The molecule has 149 heavy (non-hydrogen) atoms. The molecule has 6 amide bonds. The number of anilines is 3. The molecule has 2 fully saturated rings. The molecule has 1 aliphatic carbocycles. The third-order valence-corrected chi connectivity index (χ3v) is 22.4. The molecule has 10 heterocycles. The average molecular weight is 2150 g/mol. The molecule has 0 saturated carbocycles. The second-order valence-electron chi connectivity index (χ2n) is 40.7. The Morgan fingerprint density at radius 2 is 0.886 bits per heavy atom. The molecular formula is C104H165F3N15NaO24P2. The van der Waals surface area contributed by atoms with Gasteiger partial charge in [-0.15, -0.1) is 0 Å². The monoisotopic (exact) mass is 2150 g/mol. The maximum atomic E-state index is 11.9. The normalized spacial score (nSPS) is 13.2. The summed E-state index contributed by atoms with van der Waals surface area (Å²) in [6.45, 7) is 40.8. The molecule has 5 aliphatic rings. The molecular weight excluding hydrogens is 1990 g/mol. The Hall–Kier alpha value is -10.7. The second-order valence-corrected chi connectivity index (χ2v) is 46.4. The number of carbonyl (C=O) groups is 12. The number of halogens is 3. The number of unbranched alkanes of at least 4 members (excludes halogenated alkanes) is 1. The number of aryl methyl sites for hydroxylation is 8. The van der Waals surface area contributed by atoms with Gasteiger partial charge in [-0.05, 0) is 344 Å². The summed E-state index contributed by atoms with van der Waals surface area (Å²) in [6.07, 6.45) is 15.9. The molecule has 0 aromatic carbocycles. The van der Waals surface area contributed by atoms with Crippen molar-refractivity contribution in [2.45, 2.75) is 326 Å². The van der Waals surface area contributed by atoms with Crippen molar-refractivity contribution in [3.63, 3.8) is 0 Å². The zero-order valence-electron chi connectivity index (χ0n) is 90.9. The van der Waals surface area contributed by atoms with E-state index in [1.54, 1.807) is 121 Å². The summed E-state index contributed by atoms with van der Waals surface area (Å²) in [6, 6.07) is 24.1. The van der Waals surface area contributed by atoms with Crippen LogP contribution in [0.25, 0.3) is 11.0 Å². The third-order valence-electron chi connectivity index (χ3n) is 19.4. The molecule has 6 aromatic heterocycles. The van der Waals surface area contributed by atoms with Crippen LogP contribution in [0.15, 0.2) is 85.2 Å². The Bertz CT molecular complexity index is 5150. The Balaban J connectivity index is 0. The van der Waals surface area contributed by atoms with Gasteiger partial charge in [0, 0.05) is 132 Å². The topological polar surface area (TPSA) is 557 Å². The molecule has 11 N–H and O–H groups in total. The van der Waals surface area contributed by atoms with Crippen molar-refractivity contribution in [3.8, 4) is 0 Å². The number of ketones is 2. The number of nitrogen functional groups attached to an aromatic ring is 1. The van der Waals surface area contributed by atoms with E-state index < -0.39 is 85.3 Å². The first-order valence-corrected chi connectivity index (χ1v) is 53.7. The number of hydrogen-bond donors (Lipinski definition) is 8. The molecule has 2 saturated heterocycles. The van der Waals surface area contributed by atoms with Crippen LogP contribution in [-0.4, -0.2) is 245 Å². The number of nitrogens with zero attached hydrogens (tertiary/aromatic N) is 7. The summed E-state index contributed by atoms with van der Waals surface area (Å²) >= 11 is 0. The number of aldehydes is 2. The fraction of sp³-hybridized carbons (Fsp3) is 0.615. The first kappa shape index (κ1) is 140. The molecule has 45 heteroatoms. The molecule has 0 radical (unpaired) electrons. The predicted octanol–water partition coefficient (Wildman–Crippen LogP) is 16.5. The van der Waals surface area contributed by atoms with Crippen LogP contribution in [0.2, 0.25) is 0 Å². The first-order valence-electron chi connectivity index (χ1n) is 49.2. The van der Waals surface area contributed by atoms with Crippen LogP contribution in [-0.2, 0) is 127 Å². The van der Waals surface area contributed by atoms with Gasteiger partial charge in [-0.3, -0.25) is 38.3 Å². The van der Waals surface area contributed by atoms with Gasteiger partial charge in [-0.2, -0.15) is 13.2 Å². The number of pyridine rings is 6. The van der Waals surface area contributed by atoms with Crippen molar-refractivity contribution in [2.75, 3.05) is 109 Å². The molecule has 39 nitrogen and oxygen atoms in total. The van der Waals surface area contributed by atoms with Gasteiger partial charge in [0.2, 0.25) is 18.1 Å². The summed E-state index contributed by atoms with van der Waals surface area (Å²) in [4.78, 5) is 159. The van der Waals surface area contributed by atoms with E-state index in [9.17, 15) is 75.0 Å². The van der Waals surface area contributed by atoms with E-state index in [2.05, 4.69) is 98.0 Å². The fourth-order valence-corrected chi connectivity index (χ4v) is 15.0. The molecule has 11 rings (SSSR count). The van der Waals surface area contributed by atoms with Gasteiger partial charge in [-0.25, -0.2) is 58.6 Å². The number of alkyl carbamates (subject to hydrolysis) is 3. The summed E-state index contributed by atoms with van der Waals surface area (Å²) in [5.74, 6) is 2.38. The number of rotatable bonds is 27. The maximum Gasteiger partial charge on any atom is 1.00 e. The van der Waals surface area contributed by atoms with Gasteiger partial charge < -0.3 is 95.6 Å². The smallest absolute Gasteiger partial charge is 0.870 e. The van der Waals surface area contributed by atoms with Gasteiger partial charge in [0.1, 0.15) is 68.8 Å². The molecule has 0 unspecified atom stereocenters. The summed E-state index contributed by atoms with van der Waals surface area (Å²) in [5, 5.41) is 18.5. The van der Waals surface area contributed by atoms with E-state index in [1.165, 1.54) is 67.2 Å². The minimum absolute atomic E-state index is 0. The molecule has 4 aliphatic heterocycles. The maximum absolute atomic E-state index is 11.9. The predicted molar refractivity (Wildman–Crippen MR) is 565 cm³/mol. The number of ether oxygens (including phenoxy) is 7. The first-order chi connectivity index (χ1) is 68.0. The molecule has 832 valence electrons. The molecule has 0 bridgehead atoms. The number of hydrogen-bond acceptors (Lipinski definition) is 34. The van der Waals surface area contributed by atoms with Crippen LogP contribution in [0, 0.1) is 0 Å². The number of fused-ring (bicyclic) bond motifs is 4. The number of aromatic nitrogens is 6. The number of carbonyl (C=O) groups excluding carboxylic acids is 12. The number of Topliss-reactive ketones (excluding diaryl/α,β-unsaturated/α-hetero) is 2. The third kappa shape index (κ3) is 70.9. The van der Waals surface area contributed by atoms with Crippen LogP contribution in [0.5, 0.6) is 0 Å². The van der Waals surface area contributed by atoms with Gasteiger partial charge in [0.15, 0.2) is 11.9 Å². The molecule has 0 spiro atoms. The number of amides is 6. The zero-order valence-corrected chi connectivity index (χ0v) is 94.7. The number of imide groups is 1. The summed E-state index contributed by atoms with van der Waals surface area (Å²) < 4.78 is 98.4. The SMILES string of the molecule is C.CC(C)(C)OC(=O)N1CCCC1=O.CC(C)(C)OC(=O)NCCCC(=O)CP(C)(C)=O.CC(C)(C)OC(=O)NCCCc1ccc2c(n1)NCCC2.CC(C)(C)OC(=O)NCCCc1ccc2cccnc2n1.CC(C)(C)OC(=O)OC(=O)OC(C)(C)C.COP(=O)(CC(=O)CCCCc1ccc2c(n1)CCCC2)OC.NCCCc1ccc2c(n1)NCCC2.Nc1ncccc1C=O.O=C1CCCN1.O=CC(F)(F)F.[Na+].[OH-].